The molecule has 1 fully saturated rings. The number of hydrogen-bond donors (Lipinski definition) is 1. The van der Waals surface area contributed by atoms with Crippen LogP contribution in [0.25, 0.3) is 16.7 Å². The molecule has 2 aromatic rings. The van der Waals surface area contributed by atoms with Gasteiger partial charge in [0.1, 0.15) is 6.54 Å². The van der Waals surface area contributed by atoms with E-state index in [1.54, 1.807) is 4.57 Å². The number of allylic oxidation sites excluding steroid dienone is 2. The highest BCUT2D eigenvalue weighted by molar-refractivity contribution is 7.91. The molecule has 1 aliphatic carbocycles. The van der Waals surface area contributed by atoms with Gasteiger partial charge in [0, 0.05) is 11.7 Å². The summed E-state index contributed by atoms with van der Waals surface area (Å²) in [6.45, 7) is -0.115. The number of benzene rings is 1. The van der Waals surface area contributed by atoms with Crippen LogP contribution in [0.1, 0.15) is 32.1 Å². The molecular weight excluding hydrogens is 366 g/mol. The number of aromatic nitrogens is 2. The minimum atomic E-state index is -3.06. The molecule has 1 amide bonds. The van der Waals surface area contributed by atoms with Crippen molar-refractivity contribution in [2.45, 2.75) is 44.7 Å². The fraction of sp³-hybridized carbons (Fsp3) is 0.474. The molecule has 1 aromatic carbocycles. The van der Waals surface area contributed by atoms with Crippen molar-refractivity contribution >= 4 is 32.5 Å². The molecule has 0 radical (unpaired) electrons. The Morgan fingerprint density at radius 3 is 2.63 bits per heavy atom. The average molecular weight is 389 g/mol. The Morgan fingerprint density at radius 1 is 1.19 bits per heavy atom. The number of hydrogen-bond acceptors (Lipinski definition) is 4. The quantitative estimate of drug-likeness (QED) is 0.858. The van der Waals surface area contributed by atoms with Gasteiger partial charge in [0.2, 0.25) is 5.91 Å². The minimum Gasteiger partial charge on any atom is -0.351 e. The zero-order valence-corrected chi connectivity index (χ0v) is 15.9. The van der Waals surface area contributed by atoms with E-state index >= 15 is 0 Å². The highest BCUT2D eigenvalue weighted by Gasteiger charge is 2.29. The second kappa shape index (κ2) is 6.99. The smallest absolute Gasteiger partial charge is 0.333 e. The first-order valence-corrected chi connectivity index (χ1v) is 11.2. The van der Waals surface area contributed by atoms with Crippen molar-refractivity contribution in [3.63, 3.8) is 0 Å². The summed E-state index contributed by atoms with van der Waals surface area (Å²) >= 11 is 0. The third kappa shape index (κ3) is 3.58. The predicted molar refractivity (Wildman–Crippen MR) is 104 cm³/mol. The van der Waals surface area contributed by atoms with Crippen LogP contribution in [0.4, 0.5) is 0 Å². The third-order valence-electron chi connectivity index (χ3n) is 5.29. The van der Waals surface area contributed by atoms with Crippen molar-refractivity contribution in [3.05, 3.63) is 40.8 Å². The number of amides is 1. The zero-order valence-electron chi connectivity index (χ0n) is 15.1. The van der Waals surface area contributed by atoms with Gasteiger partial charge in [-0.2, -0.15) is 0 Å². The molecule has 1 aromatic heterocycles. The van der Waals surface area contributed by atoms with Gasteiger partial charge in [-0.1, -0.05) is 18.2 Å². The molecule has 1 N–H and O–H groups in total. The standard InChI is InChI=1S/C19H23N3O4S/c23-18(20-14-10-11-27(25,26)13-14)12-21-16-8-4-5-9-17(16)22(19(21)24)15-6-2-1-3-7-15/h4-6,8-9,14H,1-3,7,10-13H2,(H,20,23)/t14-/m0/s1. The second-order valence-electron chi connectivity index (χ2n) is 7.30. The minimum absolute atomic E-state index is 0.0255. The highest BCUT2D eigenvalue weighted by atomic mass is 32.2. The van der Waals surface area contributed by atoms with E-state index in [2.05, 4.69) is 11.4 Å². The summed E-state index contributed by atoms with van der Waals surface area (Å²) in [6, 6.07) is 7.09. The normalized spacial score (nSPS) is 21.9. The van der Waals surface area contributed by atoms with Crippen LogP contribution in [0.5, 0.6) is 0 Å². The van der Waals surface area contributed by atoms with Gasteiger partial charge < -0.3 is 5.32 Å². The second-order valence-corrected chi connectivity index (χ2v) is 9.53. The summed E-state index contributed by atoms with van der Waals surface area (Å²) in [6.07, 6.45) is 6.51. The van der Waals surface area contributed by atoms with Crippen LogP contribution < -0.4 is 11.0 Å². The molecule has 2 heterocycles. The topological polar surface area (TPSA) is 90.2 Å². The van der Waals surface area contributed by atoms with E-state index in [-0.39, 0.29) is 35.7 Å². The van der Waals surface area contributed by atoms with Crippen LogP contribution in [-0.4, -0.2) is 41.0 Å². The molecule has 0 bridgehead atoms. The Bertz CT molecular complexity index is 1080. The van der Waals surface area contributed by atoms with E-state index in [4.69, 9.17) is 0 Å². The summed E-state index contributed by atoms with van der Waals surface area (Å²) < 4.78 is 26.3. The van der Waals surface area contributed by atoms with Crippen LogP contribution in [0, 0.1) is 0 Å². The van der Waals surface area contributed by atoms with E-state index in [0.29, 0.717) is 11.9 Å². The van der Waals surface area contributed by atoms with Gasteiger partial charge in [-0.25, -0.2) is 13.2 Å². The highest BCUT2D eigenvalue weighted by Crippen LogP contribution is 2.24. The van der Waals surface area contributed by atoms with E-state index in [1.807, 2.05) is 24.3 Å². The molecule has 27 heavy (non-hydrogen) atoms. The van der Waals surface area contributed by atoms with Crippen molar-refractivity contribution in [2.24, 2.45) is 0 Å². The molecule has 1 aliphatic heterocycles. The molecule has 0 unspecified atom stereocenters. The third-order valence-corrected chi connectivity index (χ3v) is 7.06. The number of carbonyl (C=O) groups excluding carboxylic acids is 1. The van der Waals surface area contributed by atoms with Gasteiger partial charge >= 0.3 is 5.69 Å². The number of fused-ring (bicyclic) bond motifs is 1. The summed E-state index contributed by atoms with van der Waals surface area (Å²) in [5.41, 5.74) is 2.28. The largest absolute Gasteiger partial charge is 0.351 e. The zero-order chi connectivity index (χ0) is 19.0. The number of imidazole rings is 1. The van der Waals surface area contributed by atoms with Gasteiger partial charge in [-0.3, -0.25) is 13.9 Å². The van der Waals surface area contributed by atoms with Crippen LogP contribution in [0.2, 0.25) is 0 Å². The number of nitrogens with zero attached hydrogens (tertiary/aromatic N) is 2. The van der Waals surface area contributed by atoms with Crippen LogP contribution in [0.3, 0.4) is 0 Å². The van der Waals surface area contributed by atoms with Gasteiger partial charge in [0.15, 0.2) is 9.84 Å². The number of nitrogens with one attached hydrogen (secondary N) is 1. The molecule has 8 heteroatoms. The lowest BCUT2D eigenvalue weighted by Crippen LogP contribution is -2.39. The van der Waals surface area contributed by atoms with Crippen molar-refractivity contribution < 1.29 is 13.2 Å². The lowest BCUT2D eigenvalue weighted by Gasteiger charge is -2.13. The van der Waals surface area contributed by atoms with Crippen LogP contribution in [-0.2, 0) is 21.2 Å². The Kier molecular flexibility index (Phi) is 4.67. The first kappa shape index (κ1) is 18.0. The van der Waals surface area contributed by atoms with Crippen molar-refractivity contribution in [1.82, 2.24) is 14.5 Å². The number of para-hydroxylation sites is 2. The van der Waals surface area contributed by atoms with Crippen molar-refractivity contribution in [1.29, 1.82) is 0 Å². The SMILES string of the molecule is O=C(Cn1c(=O)n(C2=CCCCC2)c2ccccc21)N[C@H]1CCS(=O)(=O)C1. The molecule has 1 saturated heterocycles. The predicted octanol–water partition coefficient (Wildman–Crippen LogP) is 1.52. The summed E-state index contributed by atoms with van der Waals surface area (Å²) in [5, 5.41) is 2.76. The van der Waals surface area contributed by atoms with E-state index < -0.39 is 9.84 Å². The number of carbonyl (C=O) groups is 1. The van der Waals surface area contributed by atoms with Gasteiger partial charge in [0.25, 0.3) is 0 Å². The summed E-state index contributed by atoms with van der Waals surface area (Å²) in [7, 11) is -3.06. The van der Waals surface area contributed by atoms with Gasteiger partial charge in [-0.05, 0) is 44.2 Å². The van der Waals surface area contributed by atoms with Gasteiger partial charge in [0.05, 0.1) is 22.5 Å². The molecule has 7 nitrogen and oxygen atoms in total. The average Bonchev–Trinajstić information content (AvgIpc) is 3.12. The molecule has 2 aliphatic rings. The van der Waals surface area contributed by atoms with Crippen molar-refractivity contribution in [3.8, 4) is 0 Å². The Hall–Kier alpha value is -2.35. The summed E-state index contributed by atoms with van der Waals surface area (Å²) in [5.74, 6) is -0.257. The molecular formula is C19H23N3O4S. The Labute approximate surface area is 157 Å². The van der Waals surface area contributed by atoms with Crippen LogP contribution >= 0.6 is 0 Å². The van der Waals surface area contributed by atoms with Crippen LogP contribution in [0.15, 0.2) is 35.1 Å². The Morgan fingerprint density at radius 2 is 1.96 bits per heavy atom. The molecule has 0 saturated carbocycles. The molecule has 1 atom stereocenters. The first-order chi connectivity index (χ1) is 12.9. The fourth-order valence-electron chi connectivity index (χ4n) is 3.99. The van der Waals surface area contributed by atoms with Crippen molar-refractivity contribution in [2.75, 3.05) is 11.5 Å². The lowest BCUT2D eigenvalue weighted by atomic mass is 10.0. The van der Waals surface area contributed by atoms with E-state index in [1.165, 1.54) is 4.57 Å². The maximum Gasteiger partial charge on any atom is 0.333 e. The fourth-order valence-corrected chi connectivity index (χ4v) is 5.66. The van der Waals surface area contributed by atoms with E-state index in [0.717, 1.165) is 36.9 Å². The lowest BCUT2D eigenvalue weighted by molar-refractivity contribution is -0.122. The van der Waals surface area contributed by atoms with E-state index in [9.17, 15) is 18.0 Å². The molecule has 4 rings (SSSR count). The Balaban J connectivity index is 1.64. The number of sulfone groups is 1. The van der Waals surface area contributed by atoms with Gasteiger partial charge in [-0.15, -0.1) is 0 Å². The monoisotopic (exact) mass is 389 g/mol. The molecule has 0 spiro atoms. The maximum absolute atomic E-state index is 13.1. The molecule has 144 valence electrons. The number of rotatable bonds is 4. The summed E-state index contributed by atoms with van der Waals surface area (Å²) in [4.78, 5) is 25.5. The first-order valence-electron chi connectivity index (χ1n) is 9.34. The maximum atomic E-state index is 13.1.